The maximum Gasteiger partial charge on any atom is 0.133 e. The number of phenols is 2. The molecule has 90 valence electrons. The lowest BCUT2D eigenvalue weighted by molar-refractivity contribution is 0.478. The number of anilines is 2. The van der Waals surface area contributed by atoms with Crippen molar-refractivity contribution >= 4 is 32.9 Å². The molecule has 0 spiro atoms. The zero-order valence-electron chi connectivity index (χ0n) is 9.51. The molecule has 3 aromatic carbocycles. The Morgan fingerprint density at radius 2 is 1.56 bits per heavy atom. The Balaban J connectivity index is 2.65. The summed E-state index contributed by atoms with van der Waals surface area (Å²) >= 11 is 0. The maximum atomic E-state index is 10.3. The van der Waals surface area contributed by atoms with Gasteiger partial charge < -0.3 is 21.7 Å². The molecule has 0 saturated heterocycles. The molecule has 0 aliphatic carbocycles. The summed E-state index contributed by atoms with van der Waals surface area (Å²) in [6.45, 7) is 0. The van der Waals surface area contributed by atoms with Crippen LogP contribution in [-0.4, -0.2) is 10.2 Å². The lowest BCUT2D eigenvalue weighted by Gasteiger charge is -2.11. The molecule has 0 bridgehead atoms. The highest BCUT2D eigenvalue weighted by Crippen LogP contribution is 2.43. The van der Waals surface area contributed by atoms with E-state index in [9.17, 15) is 10.2 Å². The third-order valence-corrected chi connectivity index (χ3v) is 3.14. The maximum absolute atomic E-state index is 10.3. The van der Waals surface area contributed by atoms with Crippen molar-refractivity contribution in [1.82, 2.24) is 0 Å². The van der Waals surface area contributed by atoms with Gasteiger partial charge in [-0.3, -0.25) is 0 Å². The zero-order valence-corrected chi connectivity index (χ0v) is 9.51. The standard InChI is InChI=1S/C14H12N2O2/c15-7-4-5-8-10(6-7)13(17)9-2-1-3-11(16)12(9)14(8)18/h1-6,17-18H,15-16H2. The summed E-state index contributed by atoms with van der Waals surface area (Å²) in [5.41, 5.74) is 12.5. The fourth-order valence-corrected chi connectivity index (χ4v) is 2.28. The van der Waals surface area contributed by atoms with Crippen LogP contribution >= 0.6 is 0 Å². The predicted octanol–water partition coefficient (Wildman–Crippen LogP) is 2.57. The fraction of sp³-hybridized carbons (Fsp3) is 0. The van der Waals surface area contributed by atoms with Gasteiger partial charge in [0, 0.05) is 27.5 Å². The van der Waals surface area contributed by atoms with E-state index < -0.39 is 0 Å². The smallest absolute Gasteiger partial charge is 0.133 e. The lowest BCUT2D eigenvalue weighted by atomic mass is 9.99. The topological polar surface area (TPSA) is 92.5 Å². The zero-order chi connectivity index (χ0) is 12.9. The molecule has 0 unspecified atom stereocenters. The first-order chi connectivity index (χ1) is 8.59. The molecule has 0 fully saturated rings. The van der Waals surface area contributed by atoms with E-state index in [1.807, 2.05) is 0 Å². The van der Waals surface area contributed by atoms with Gasteiger partial charge in [-0.15, -0.1) is 0 Å². The van der Waals surface area contributed by atoms with Crippen LogP contribution in [0.1, 0.15) is 0 Å². The van der Waals surface area contributed by atoms with Crippen LogP contribution in [0.25, 0.3) is 21.5 Å². The second-order valence-corrected chi connectivity index (χ2v) is 4.27. The second kappa shape index (κ2) is 3.43. The van der Waals surface area contributed by atoms with Crippen LogP contribution in [0, 0.1) is 0 Å². The monoisotopic (exact) mass is 240 g/mol. The van der Waals surface area contributed by atoms with Gasteiger partial charge in [-0.05, 0) is 24.3 Å². The van der Waals surface area contributed by atoms with E-state index in [2.05, 4.69) is 0 Å². The Labute approximate surface area is 103 Å². The van der Waals surface area contributed by atoms with Crippen molar-refractivity contribution in [2.45, 2.75) is 0 Å². The van der Waals surface area contributed by atoms with Crippen LogP contribution in [0.15, 0.2) is 36.4 Å². The summed E-state index contributed by atoms with van der Waals surface area (Å²) in [5, 5.41) is 22.6. The van der Waals surface area contributed by atoms with Crippen molar-refractivity contribution in [3.05, 3.63) is 36.4 Å². The van der Waals surface area contributed by atoms with Crippen molar-refractivity contribution in [3.8, 4) is 11.5 Å². The summed E-state index contributed by atoms with van der Waals surface area (Å²) in [5.74, 6) is 0.147. The number of hydrogen-bond donors (Lipinski definition) is 4. The van der Waals surface area contributed by atoms with Gasteiger partial charge >= 0.3 is 0 Å². The Bertz CT molecular complexity index is 778. The van der Waals surface area contributed by atoms with Gasteiger partial charge in [0.25, 0.3) is 0 Å². The molecule has 0 radical (unpaired) electrons. The van der Waals surface area contributed by atoms with Crippen LogP contribution < -0.4 is 11.5 Å². The van der Waals surface area contributed by atoms with Gasteiger partial charge in [0.15, 0.2) is 0 Å². The molecular formula is C14H12N2O2. The van der Waals surface area contributed by atoms with E-state index >= 15 is 0 Å². The number of fused-ring (bicyclic) bond motifs is 2. The molecule has 0 saturated carbocycles. The molecular weight excluding hydrogens is 228 g/mol. The average Bonchev–Trinajstić information content (AvgIpc) is 2.35. The SMILES string of the molecule is Nc1ccc2c(O)c3c(N)cccc3c(O)c2c1. The minimum atomic E-state index is 0.0656. The van der Waals surface area contributed by atoms with Crippen LogP contribution in [-0.2, 0) is 0 Å². The largest absolute Gasteiger partial charge is 0.507 e. The predicted molar refractivity (Wildman–Crippen MR) is 73.6 cm³/mol. The summed E-state index contributed by atoms with van der Waals surface area (Å²) < 4.78 is 0. The van der Waals surface area contributed by atoms with E-state index in [-0.39, 0.29) is 11.5 Å². The molecule has 3 rings (SSSR count). The van der Waals surface area contributed by atoms with Gasteiger partial charge in [-0.1, -0.05) is 12.1 Å². The van der Waals surface area contributed by atoms with Gasteiger partial charge in [-0.2, -0.15) is 0 Å². The first-order valence-electron chi connectivity index (χ1n) is 5.51. The summed E-state index contributed by atoms with van der Waals surface area (Å²) in [4.78, 5) is 0. The average molecular weight is 240 g/mol. The Hall–Kier alpha value is -2.62. The number of nitrogen functional groups attached to an aromatic ring is 2. The molecule has 0 aliphatic heterocycles. The van der Waals surface area contributed by atoms with E-state index in [1.165, 1.54) is 0 Å². The van der Waals surface area contributed by atoms with Crippen molar-refractivity contribution < 1.29 is 10.2 Å². The minimum Gasteiger partial charge on any atom is -0.507 e. The second-order valence-electron chi connectivity index (χ2n) is 4.27. The van der Waals surface area contributed by atoms with Crippen molar-refractivity contribution in [2.24, 2.45) is 0 Å². The molecule has 0 aromatic heterocycles. The van der Waals surface area contributed by atoms with Crippen molar-refractivity contribution in [1.29, 1.82) is 0 Å². The lowest BCUT2D eigenvalue weighted by Crippen LogP contribution is -1.90. The Morgan fingerprint density at radius 1 is 0.778 bits per heavy atom. The summed E-state index contributed by atoms with van der Waals surface area (Å²) in [6, 6.07) is 10.1. The van der Waals surface area contributed by atoms with Crippen molar-refractivity contribution in [3.63, 3.8) is 0 Å². The van der Waals surface area contributed by atoms with E-state index in [4.69, 9.17) is 11.5 Å². The van der Waals surface area contributed by atoms with Crippen LogP contribution in [0.4, 0.5) is 11.4 Å². The van der Waals surface area contributed by atoms with Gasteiger partial charge in [0.1, 0.15) is 11.5 Å². The van der Waals surface area contributed by atoms with Crippen LogP contribution in [0.3, 0.4) is 0 Å². The van der Waals surface area contributed by atoms with Gasteiger partial charge in [0.2, 0.25) is 0 Å². The highest BCUT2D eigenvalue weighted by molar-refractivity contribution is 6.14. The quantitative estimate of drug-likeness (QED) is 0.276. The van der Waals surface area contributed by atoms with E-state index in [0.29, 0.717) is 32.9 Å². The number of aromatic hydroxyl groups is 2. The fourth-order valence-electron chi connectivity index (χ4n) is 2.28. The summed E-state index contributed by atoms with van der Waals surface area (Å²) in [6.07, 6.45) is 0. The molecule has 0 atom stereocenters. The van der Waals surface area contributed by atoms with Crippen LogP contribution in [0.5, 0.6) is 11.5 Å². The number of rotatable bonds is 0. The normalized spacial score (nSPS) is 11.1. The van der Waals surface area contributed by atoms with Crippen molar-refractivity contribution in [2.75, 3.05) is 11.5 Å². The summed E-state index contributed by atoms with van der Waals surface area (Å²) in [7, 11) is 0. The van der Waals surface area contributed by atoms with E-state index in [1.54, 1.807) is 36.4 Å². The molecule has 0 amide bonds. The molecule has 3 aromatic rings. The molecule has 4 nitrogen and oxygen atoms in total. The Morgan fingerprint density at radius 3 is 2.33 bits per heavy atom. The third kappa shape index (κ3) is 1.26. The van der Waals surface area contributed by atoms with E-state index in [0.717, 1.165) is 0 Å². The molecule has 6 N–H and O–H groups in total. The number of benzene rings is 3. The molecule has 0 heterocycles. The number of phenolic OH excluding ortho intramolecular Hbond substituents is 2. The minimum absolute atomic E-state index is 0.0656. The van der Waals surface area contributed by atoms with Gasteiger partial charge in [0.05, 0.1) is 5.39 Å². The number of nitrogens with two attached hydrogens (primary N) is 2. The highest BCUT2D eigenvalue weighted by atomic mass is 16.3. The Kier molecular flexibility index (Phi) is 2.01. The molecule has 18 heavy (non-hydrogen) atoms. The first-order valence-corrected chi connectivity index (χ1v) is 5.51. The number of hydrogen-bond acceptors (Lipinski definition) is 4. The molecule has 4 heteroatoms. The highest BCUT2D eigenvalue weighted by Gasteiger charge is 2.14. The first kappa shape index (κ1) is 10.5. The third-order valence-electron chi connectivity index (χ3n) is 3.14. The van der Waals surface area contributed by atoms with Crippen LogP contribution in [0.2, 0.25) is 0 Å². The molecule has 0 aliphatic rings. The van der Waals surface area contributed by atoms with Gasteiger partial charge in [-0.25, -0.2) is 0 Å².